The number of amides is 2. The average molecular weight is 298 g/mol. The molecule has 0 unspecified atom stereocenters. The SMILES string of the molecule is CC(C)(C)OC(=O)N[C@@H]1Cc2ncc(Cl)cc2NC1=O. The lowest BCUT2D eigenvalue weighted by Crippen LogP contribution is -2.49. The van der Waals surface area contributed by atoms with Crippen molar-refractivity contribution in [2.45, 2.75) is 38.8 Å². The third-order valence-corrected chi connectivity index (χ3v) is 2.81. The molecular weight excluding hydrogens is 282 g/mol. The average Bonchev–Trinajstić information content (AvgIpc) is 2.28. The van der Waals surface area contributed by atoms with Crippen LogP contribution >= 0.6 is 11.6 Å². The van der Waals surface area contributed by atoms with Gasteiger partial charge in [0.15, 0.2) is 0 Å². The van der Waals surface area contributed by atoms with E-state index in [1.807, 2.05) is 0 Å². The number of nitrogens with zero attached hydrogens (tertiary/aromatic N) is 1. The number of ether oxygens (including phenoxy) is 1. The summed E-state index contributed by atoms with van der Waals surface area (Å²) in [6, 6.07) is 0.928. The van der Waals surface area contributed by atoms with Crippen molar-refractivity contribution in [2.75, 3.05) is 5.32 Å². The van der Waals surface area contributed by atoms with Crippen molar-refractivity contribution in [2.24, 2.45) is 0 Å². The van der Waals surface area contributed by atoms with Crippen LogP contribution in [0.25, 0.3) is 0 Å². The standard InChI is InChI=1S/C13H16ClN3O3/c1-13(2,3)20-12(19)17-10-5-8-9(16-11(10)18)4-7(14)6-15-8/h4,6,10H,5H2,1-3H3,(H,16,18)(H,17,19)/t10-/m1/s1. The van der Waals surface area contributed by atoms with Gasteiger partial charge in [0.2, 0.25) is 5.91 Å². The summed E-state index contributed by atoms with van der Waals surface area (Å²) in [7, 11) is 0. The maximum Gasteiger partial charge on any atom is 0.408 e. The minimum absolute atomic E-state index is 0.303. The molecule has 0 aliphatic carbocycles. The smallest absolute Gasteiger partial charge is 0.408 e. The second kappa shape index (κ2) is 5.28. The lowest BCUT2D eigenvalue weighted by Gasteiger charge is -2.26. The molecule has 0 fully saturated rings. The van der Waals surface area contributed by atoms with Gasteiger partial charge in [-0.2, -0.15) is 0 Å². The van der Waals surface area contributed by atoms with E-state index in [2.05, 4.69) is 15.6 Å². The third kappa shape index (κ3) is 3.60. The minimum atomic E-state index is -0.703. The summed E-state index contributed by atoms with van der Waals surface area (Å²) in [6.45, 7) is 5.27. The number of hydrogen-bond donors (Lipinski definition) is 2. The van der Waals surface area contributed by atoms with Gasteiger partial charge < -0.3 is 15.4 Å². The molecule has 108 valence electrons. The molecule has 0 saturated carbocycles. The number of carbonyl (C=O) groups is 2. The normalized spacial score (nSPS) is 18.0. The van der Waals surface area contributed by atoms with Crippen LogP contribution in [0.3, 0.4) is 0 Å². The Hall–Kier alpha value is -1.82. The van der Waals surface area contributed by atoms with Gasteiger partial charge in [-0.15, -0.1) is 0 Å². The number of nitrogens with one attached hydrogen (secondary N) is 2. The fourth-order valence-corrected chi connectivity index (χ4v) is 1.97. The highest BCUT2D eigenvalue weighted by molar-refractivity contribution is 6.30. The Labute approximate surface area is 121 Å². The van der Waals surface area contributed by atoms with Crippen LogP contribution in [0, 0.1) is 0 Å². The summed E-state index contributed by atoms with van der Waals surface area (Å²) >= 11 is 5.81. The molecule has 6 nitrogen and oxygen atoms in total. The molecule has 1 atom stereocenters. The van der Waals surface area contributed by atoms with E-state index in [1.165, 1.54) is 6.20 Å². The van der Waals surface area contributed by atoms with Crippen LogP contribution in [0.15, 0.2) is 12.3 Å². The summed E-state index contributed by atoms with van der Waals surface area (Å²) in [5, 5.41) is 5.64. The van der Waals surface area contributed by atoms with E-state index in [4.69, 9.17) is 16.3 Å². The Morgan fingerprint density at radius 1 is 1.55 bits per heavy atom. The Kier molecular flexibility index (Phi) is 3.85. The summed E-state index contributed by atoms with van der Waals surface area (Å²) in [5.41, 5.74) is 0.638. The number of alkyl carbamates (subject to hydrolysis) is 1. The van der Waals surface area contributed by atoms with E-state index in [-0.39, 0.29) is 5.91 Å². The van der Waals surface area contributed by atoms with Gasteiger partial charge in [-0.3, -0.25) is 9.78 Å². The van der Waals surface area contributed by atoms with Gasteiger partial charge in [-0.05, 0) is 26.8 Å². The topological polar surface area (TPSA) is 80.3 Å². The number of pyridine rings is 1. The fourth-order valence-electron chi connectivity index (χ4n) is 1.81. The van der Waals surface area contributed by atoms with Crippen LogP contribution in [-0.2, 0) is 16.0 Å². The molecule has 0 bridgehead atoms. The zero-order valence-corrected chi connectivity index (χ0v) is 12.2. The highest BCUT2D eigenvalue weighted by atomic mass is 35.5. The first-order chi connectivity index (χ1) is 9.24. The van der Waals surface area contributed by atoms with E-state index in [0.29, 0.717) is 22.8 Å². The van der Waals surface area contributed by atoms with Crippen LogP contribution < -0.4 is 10.6 Å². The predicted octanol–water partition coefficient (Wildman–Crippen LogP) is 2.12. The molecule has 20 heavy (non-hydrogen) atoms. The van der Waals surface area contributed by atoms with Gasteiger partial charge in [0.1, 0.15) is 11.6 Å². The zero-order chi connectivity index (χ0) is 14.9. The van der Waals surface area contributed by atoms with Crippen molar-refractivity contribution < 1.29 is 14.3 Å². The van der Waals surface area contributed by atoms with Gasteiger partial charge >= 0.3 is 6.09 Å². The van der Waals surface area contributed by atoms with Crippen molar-refractivity contribution in [3.8, 4) is 0 Å². The highest BCUT2D eigenvalue weighted by Gasteiger charge is 2.30. The van der Waals surface area contributed by atoms with Gasteiger partial charge in [0, 0.05) is 12.6 Å². The van der Waals surface area contributed by atoms with Gasteiger partial charge in [0.25, 0.3) is 0 Å². The number of carbonyl (C=O) groups excluding carboxylic acids is 2. The highest BCUT2D eigenvalue weighted by Crippen LogP contribution is 2.23. The van der Waals surface area contributed by atoms with Crippen molar-refractivity contribution >= 4 is 29.3 Å². The molecule has 1 aromatic rings. The van der Waals surface area contributed by atoms with Crippen LogP contribution in [0.2, 0.25) is 5.02 Å². The van der Waals surface area contributed by atoms with Crippen molar-refractivity contribution in [1.82, 2.24) is 10.3 Å². The summed E-state index contributed by atoms with van der Waals surface area (Å²) in [5.74, 6) is -0.313. The predicted molar refractivity (Wildman–Crippen MR) is 74.7 cm³/mol. The van der Waals surface area contributed by atoms with E-state index in [0.717, 1.165) is 0 Å². The molecular formula is C13H16ClN3O3. The minimum Gasteiger partial charge on any atom is -0.444 e. The maximum atomic E-state index is 11.9. The van der Waals surface area contributed by atoms with Gasteiger partial charge in [-0.1, -0.05) is 11.6 Å². The number of halogens is 1. The molecule has 7 heteroatoms. The number of rotatable bonds is 1. The molecule has 2 N–H and O–H groups in total. The largest absolute Gasteiger partial charge is 0.444 e. The second-order valence-corrected chi connectivity index (χ2v) is 5.98. The lowest BCUT2D eigenvalue weighted by atomic mass is 10.0. The fraction of sp³-hybridized carbons (Fsp3) is 0.462. The van der Waals surface area contributed by atoms with Crippen LogP contribution in [0.5, 0.6) is 0 Å². The first kappa shape index (κ1) is 14.6. The first-order valence-electron chi connectivity index (χ1n) is 6.19. The first-order valence-corrected chi connectivity index (χ1v) is 6.57. The Morgan fingerprint density at radius 3 is 2.90 bits per heavy atom. The van der Waals surface area contributed by atoms with Crippen molar-refractivity contribution in [3.05, 3.63) is 23.0 Å². The monoisotopic (exact) mass is 297 g/mol. The number of anilines is 1. The Morgan fingerprint density at radius 2 is 2.25 bits per heavy atom. The molecule has 0 saturated heterocycles. The molecule has 1 aliphatic heterocycles. The summed E-state index contributed by atoms with van der Waals surface area (Å²) in [4.78, 5) is 27.7. The van der Waals surface area contributed by atoms with Gasteiger partial charge in [-0.25, -0.2) is 4.79 Å². The molecule has 0 aromatic carbocycles. The number of hydrogen-bond acceptors (Lipinski definition) is 4. The van der Waals surface area contributed by atoms with Crippen LogP contribution in [-0.4, -0.2) is 28.6 Å². The Bertz CT molecular complexity index is 554. The van der Waals surface area contributed by atoms with E-state index in [1.54, 1.807) is 26.8 Å². The molecule has 1 aliphatic rings. The molecule has 0 radical (unpaired) electrons. The van der Waals surface area contributed by atoms with Crippen molar-refractivity contribution in [1.29, 1.82) is 0 Å². The van der Waals surface area contributed by atoms with Crippen molar-refractivity contribution in [3.63, 3.8) is 0 Å². The van der Waals surface area contributed by atoms with E-state index in [9.17, 15) is 9.59 Å². The lowest BCUT2D eigenvalue weighted by molar-refractivity contribution is -0.118. The zero-order valence-electron chi connectivity index (χ0n) is 11.5. The molecule has 2 heterocycles. The van der Waals surface area contributed by atoms with Crippen LogP contribution in [0.1, 0.15) is 26.5 Å². The van der Waals surface area contributed by atoms with E-state index >= 15 is 0 Å². The molecule has 0 spiro atoms. The summed E-state index contributed by atoms with van der Waals surface area (Å²) in [6.07, 6.45) is 1.18. The summed E-state index contributed by atoms with van der Waals surface area (Å²) < 4.78 is 5.12. The maximum absolute atomic E-state index is 11.9. The number of fused-ring (bicyclic) bond motifs is 1. The molecule has 2 amide bonds. The van der Waals surface area contributed by atoms with Crippen LogP contribution in [0.4, 0.5) is 10.5 Å². The molecule has 1 aromatic heterocycles. The quantitative estimate of drug-likeness (QED) is 0.832. The van der Waals surface area contributed by atoms with E-state index < -0.39 is 17.7 Å². The third-order valence-electron chi connectivity index (χ3n) is 2.60. The Balaban J connectivity index is 2.06. The second-order valence-electron chi connectivity index (χ2n) is 5.54. The molecule has 2 rings (SSSR count). The number of aromatic nitrogens is 1. The van der Waals surface area contributed by atoms with Gasteiger partial charge in [0.05, 0.1) is 16.4 Å².